The molecule has 3 heterocycles. The van der Waals surface area contributed by atoms with Crippen LogP contribution in [0.1, 0.15) is 49.2 Å². The third kappa shape index (κ3) is 5.00. The lowest BCUT2D eigenvalue weighted by Gasteiger charge is -2.28. The second-order valence-corrected chi connectivity index (χ2v) is 8.27. The Morgan fingerprint density at radius 3 is 2.35 bits per heavy atom. The van der Waals surface area contributed by atoms with Gasteiger partial charge in [-0.2, -0.15) is 0 Å². The molecule has 1 aromatic carbocycles. The Hall–Kier alpha value is -3.03. The molecule has 0 N–H and O–H groups in total. The summed E-state index contributed by atoms with van der Waals surface area (Å²) in [6, 6.07) is 6.42. The Balaban J connectivity index is 1.77. The van der Waals surface area contributed by atoms with Gasteiger partial charge in [0.15, 0.2) is 0 Å². The molecule has 0 saturated carbocycles. The van der Waals surface area contributed by atoms with Gasteiger partial charge in [-0.1, -0.05) is 12.1 Å². The van der Waals surface area contributed by atoms with E-state index >= 15 is 0 Å². The molecule has 0 radical (unpaired) electrons. The summed E-state index contributed by atoms with van der Waals surface area (Å²) in [6.07, 6.45) is 7.74. The molecule has 4 rings (SSSR count). The molecule has 1 aromatic heterocycles. The van der Waals surface area contributed by atoms with Crippen molar-refractivity contribution in [1.82, 2.24) is 14.9 Å². The zero-order valence-electron chi connectivity index (χ0n) is 17.9. The molecular weight excluding hydrogens is 397 g/mol. The molecule has 0 unspecified atom stereocenters. The average Bonchev–Trinajstić information content (AvgIpc) is 3.30. The highest BCUT2D eigenvalue weighted by Crippen LogP contribution is 2.33. The van der Waals surface area contributed by atoms with Gasteiger partial charge in [0.2, 0.25) is 5.82 Å². The number of halogens is 1. The summed E-state index contributed by atoms with van der Waals surface area (Å²) in [5.74, 6) is 0.676. The number of aryl methyl sites for hydroxylation is 1. The van der Waals surface area contributed by atoms with Gasteiger partial charge in [0.1, 0.15) is 17.3 Å². The van der Waals surface area contributed by atoms with Crippen molar-refractivity contribution in [1.29, 1.82) is 0 Å². The van der Waals surface area contributed by atoms with E-state index in [-0.39, 0.29) is 16.4 Å². The SMILES string of the molecule is Cc1nc(/C=C(/Cc2ccc(F)cc2)N2CCCC2)c([N+](=O)[O-])c(N2CCCCC2)n1. The summed E-state index contributed by atoms with van der Waals surface area (Å²) in [6.45, 7) is 5.14. The standard InChI is InChI=1S/C23H28FN5O2/c1-17-25-21(22(29(30)31)23(26-17)28-13-3-2-4-14-28)16-20(27-11-5-6-12-27)15-18-7-9-19(24)10-8-18/h7-10,16H,2-6,11-15H2,1H3/b20-16-. The van der Waals surface area contributed by atoms with E-state index in [2.05, 4.69) is 14.9 Å². The number of likely N-dealkylation sites (tertiary alicyclic amines) is 1. The molecule has 2 aromatic rings. The lowest BCUT2D eigenvalue weighted by atomic mass is 10.1. The second kappa shape index (κ2) is 9.41. The van der Waals surface area contributed by atoms with E-state index in [4.69, 9.17) is 0 Å². The lowest BCUT2D eigenvalue weighted by Crippen LogP contribution is -2.31. The summed E-state index contributed by atoms with van der Waals surface area (Å²) in [4.78, 5) is 25.0. The van der Waals surface area contributed by atoms with Gasteiger partial charge in [0, 0.05) is 38.3 Å². The predicted octanol–water partition coefficient (Wildman–Crippen LogP) is 4.50. The fourth-order valence-electron chi connectivity index (χ4n) is 4.40. The van der Waals surface area contributed by atoms with E-state index in [1.54, 1.807) is 19.1 Å². The highest BCUT2D eigenvalue weighted by molar-refractivity contribution is 5.70. The molecule has 31 heavy (non-hydrogen) atoms. The summed E-state index contributed by atoms with van der Waals surface area (Å²) < 4.78 is 13.4. The maximum atomic E-state index is 13.4. The topological polar surface area (TPSA) is 75.4 Å². The maximum absolute atomic E-state index is 13.4. The molecule has 8 heteroatoms. The van der Waals surface area contributed by atoms with E-state index in [0.29, 0.717) is 23.8 Å². The van der Waals surface area contributed by atoms with Gasteiger partial charge < -0.3 is 9.80 Å². The first-order valence-corrected chi connectivity index (χ1v) is 11.0. The van der Waals surface area contributed by atoms with Crippen LogP contribution in [0.4, 0.5) is 15.9 Å². The van der Waals surface area contributed by atoms with Crippen molar-refractivity contribution in [3.63, 3.8) is 0 Å². The van der Waals surface area contributed by atoms with Crippen LogP contribution in [0, 0.1) is 22.9 Å². The van der Waals surface area contributed by atoms with E-state index < -0.39 is 0 Å². The molecular formula is C23H28FN5O2. The van der Waals surface area contributed by atoms with Crippen molar-refractivity contribution in [2.75, 3.05) is 31.1 Å². The molecule has 0 bridgehead atoms. The molecule has 0 aliphatic carbocycles. The van der Waals surface area contributed by atoms with Gasteiger partial charge in [-0.15, -0.1) is 0 Å². The second-order valence-electron chi connectivity index (χ2n) is 8.27. The van der Waals surface area contributed by atoms with Crippen LogP contribution in [0.3, 0.4) is 0 Å². The largest absolute Gasteiger partial charge is 0.374 e. The van der Waals surface area contributed by atoms with Crippen molar-refractivity contribution in [3.05, 3.63) is 63.0 Å². The molecule has 7 nitrogen and oxygen atoms in total. The molecule has 0 spiro atoms. The van der Waals surface area contributed by atoms with Gasteiger partial charge in [-0.3, -0.25) is 10.1 Å². The Morgan fingerprint density at radius 1 is 1.06 bits per heavy atom. The number of hydrogen-bond acceptors (Lipinski definition) is 6. The van der Waals surface area contributed by atoms with Crippen molar-refractivity contribution < 1.29 is 9.31 Å². The van der Waals surface area contributed by atoms with E-state index in [9.17, 15) is 14.5 Å². The third-order valence-corrected chi connectivity index (χ3v) is 5.96. The van der Waals surface area contributed by atoms with E-state index in [0.717, 1.165) is 69.5 Å². The summed E-state index contributed by atoms with van der Waals surface area (Å²) in [7, 11) is 0. The van der Waals surface area contributed by atoms with Crippen LogP contribution in [0.2, 0.25) is 0 Å². The first-order chi connectivity index (χ1) is 15.0. The first-order valence-electron chi connectivity index (χ1n) is 11.0. The zero-order valence-corrected chi connectivity index (χ0v) is 17.9. The number of allylic oxidation sites excluding steroid dienone is 1. The van der Waals surface area contributed by atoms with Crippen molar-refractivity contribution in [2.45, 2.75) is 45.4 Å². The van der Waals surface area contributed by atoms with E-state index in [1.165, 1.54) is 12.1 Å². The summed E-state index contributed by atoms with van der Waals surface area (Å²) >= 11 is 0. The molecule has 2 fully saturated rings. The molecule has 2 saturated heterocycles. The number of nitrogens with zero attached hydrogens (tertiary/aromatic N) is 5. The highest BCUT2D eigenvalue weighted by Gasteiger charge is 2.29. The van der Waals surface area contributed by atoms with Crippen molar-refractivity contribution in [2.24, 2.45) is 0 Å². The van der Waals surface area contributed by atoms with Gasteiger partial charge in [0.25, 0.3) is 0 Å². The number of rotatable bonds is 6. The minimum Gasteiger partial charge on any atom is -0.374 e. The summed E-state index contributed by atoms with van der Waals surface area (Å²) in [5, 5.41) is 12.1. The lowest BCUT2D eigenvalue weighted by molar-refractivity contribution is -0.384. The van der Waals surface area contributed by atoms with Crippen LogP contribution < -0.4 is 4.90 Å². The molecule has 0 amide bonds. The van der Waals surface area contributed by atoms with Crippen LogP contribution in [0.15, 0.2) is 30.0 Å². The van der Waals surface area contributed by atoms with Crippen LogP contribution in [-0.2, 0) is 6.42 Å². The number of benzene rings is 1. The maximum Gasteiger partial charge on any atom is 0.337 e. The van der Waals surface area contributed by atoms with Gasteiger partial charge in [-0.05, 0) is 62.8 Å². The Labute approximate surface area is 181 Å². The summed E-state index contributed by atoms with van der Waals surface area (Å²) in [5.41, 5.74) is 2.25. The van der Waals surface area contributed by atoms with Crippen LogP contribution in [-0.4, -0.2) is 46.0 Å². The number of anilines is 1. The Bertz CT molecular complexity index is 965. The van der Waals surface area contributed by atoms with Crippen LogP contribution >= 0.6 is 0 Å². The number of piperidine rings is 1. The Morgan fingerprint density at radius 2 is 1.71 bits per heavy atom. The number of hydrogen-bond donors (Lipinski definition) is 0. The van der Waals surface area contributed by atoms with Crippen LogP contribution in [0.25, 0.3) is 6.08 Å². The average molecular weight is 426 g/mol. The normalized spacial score (nSPS) is 17.3. The van der Waals surface area contributed by atoms with Gasteiger partial charge in [0.05, 0.1) is 4.92 Å². The third-order valence-electron chi connectivity index (χ3n) is 5.96. The molecule has 164 valence electrons. The zero-order chi connectivity index (χ0) is 21.8. The minimum atomic E-state index is -0.352. The monoisotopic (exact) mass is 425 g/mol. The molecule has 2 aliphatic rings. The number of aromatic nitrogens is 2. The van der Waals surface area contributed by atoms with Gasteiger partial charge >= 0.3 is 5.69 Å². The Kier molecular flexibility index (Phi) is 6.44. The van der Waals surface area contributed by atoms with Crippen molar-refractivity contribution >= 4 is 17.6 Å². The number of nitro groups is 1. The first kappa shape index (κ1) is 21.2. The minimum absolute atomic E-state index is 0.0247. The highest BCUT2D eigenvalue weighted by atomic mass is 19.1. The molecule has 2 aliphatic heterocycles. The smallest absolute Gasteiger partial charge is 0.337 e. The fourth-order valence-corrected chi connectivity index (χ4v) is 4.40. The van der Waals surface area contributed by atoms with Crippen LogP contribution in [0.5, 0.6) is 0 Å². The predicted molar refractivity (Wildman–Crippen MR) is 118 cm³/mol. The quantitative estimate of drug-likeness (QED) is 0.501. The van der Waals surface area contributed by atoms with E-state index in [1.807, 2.05) is 11.0 Å². The fraction of sp³-hybridized carbons (Fsp3) is 0.478. The van der Waals surface area contributed by atoms with Gasteiger partial charge in [-0.25, -0.2) is 14.4 Å². The van der Waals surface area contributed by atoms with Crippen molar-refractivity contribution in [3.8, 4) is 0 Å². The molecule has 0 atom stereocenters.